The maximum atomic E-state index is 12.3. The Morgan fingerprint density at radius 3 is 2.59 bits per heavy atom. The van der Waals surface area contributed by atoms with E-state index in [-0.39, 0.29) is 5.91 Å². The van der Waals surface area contributed by atoms with Crippen molar-refractivity contribution < 1.29 is 9.21 Å². The van der Waals surface area contributed by atoms with Crippen LogP contribution in [0.15, 0.2) is 21.2 Å². The van der Waals surface area contributed by atoms with Crippen molar-refractivity contribution in [3.8, 4) is 0 Å². The highest BCUT2D eigenvalue weighted by Crippen LogP contribution is 2.20. The van der Waals surface area contributed by atoms with Crippen LogP contribution in [0.4, 0.5) is 0 Å². The summed E-state index contributed by atoms with van der Waals surface area (Å²) in [6, 6.07) is 3.45. The largest absolute Gasteiger partial charge is 0.444 e. The minimum absolute atomic E-state index is 0.0358. The summed E-state index contributed by atoms with van der Waals surface area (Å²) in [5.41, 5.74) is 1.12. The van der Waals surface area contributed by atoms with E-state index in [9.17, 15) is 4.79 Å². The summed E-state index contributed by atoms with van der Waals surface area (Å²) in [7, 11) is 0. The lowest BCUT2D eigenvalue weighted by Gasteiger charge is -2.33. The Kier molecular flexibility index (Phi) is 4.65. The molecule has 0 N–H and O–H groups in total. The molecule has 0 aliphatic carbocycles. The van der Waals surface area contributed by atoms with Gasteiger partial charge in [-0.3, -0.25) is 9.69 Å². The van der Waals surface area contributed by atoms with Crippen molar-refractivity contribution in [3.05, 3.63) is 38.1 Å². The topological polar surface area (TPSA) is 49.6 Å². The highest BCUT2D eigenvalue weighted by atomic mass is 79.9. The number of thiazole rings is 1. The normalized spacial score (nSPS) is 16.2. The molecule has 2 aromatic heterocycles. The molecular formula is C15H18BrN3O2S. The molecule has 0 unspecified atom stereocenters. The molecule has 7 heteroatoms. The third-order valence-corrected chi connectivity index (χ3v) is 5.36. The first kappa shape index (κ1) is 15.7. The van der Waals surface area contributed by atoms with Crippen molar-refractivity contribution in [1.82, 2.24) is 14.8 Å². The van der Waals surface area contributed by atoms with Gasteiger partial charge in [0.2, 0.25) is 0 Å². The van der Waals surface area contributed by atoms with E-state index in [1.54, 1.807) is 23.5 Å². The van der Waals surface area contributed by atoms with Gasteiger partial charge in [-0.1, -0.05) is 0 Å². The highest BCUT2D eigenvalue weighted by molar-refractivity contribution is 9.10. The first-order valence-electron chi connectivity index (χ1n) is 7.23. The molecule has 22 heavy (non-hydrogen) atoms. The van der Waals surface area contributed by atoms with Crippen LogP contribution < -0.4 is 0 Å². The highest BCUT2D eigenvalue weighted by Gasteiger charge is 2.24. The van der Waals surface area contributed by atoms with Crippen LogP contribution in [0.5, 0.6) is 0 Å². The summed E-state index contributed by atoms with van der Waals surface area (Å²) >= 11 is 4.99. The van der Waals surface area contributed by atoms with Gasteiger partial charge < -0.3 is 9.32 Å². The van der Waals surface area contributed by atoms with E-state index in [4.69, 9.17) is 4.42 Å². The Morgan fingerprint density at radius 2 is 2.05 bits per heavy atom. The smallest absolute Gasteiger partial charge is 0.289 e. The Balaban J connectivity index is 1.55. The van der Waals surface area contributed by atoms with Crippen LogP contribution in [-0.4, -0.2) is 46.9 Å². The lowest BCUT2D eigenvalue weighted by Crippen LogP contribution is -2.48. The maximum Gasteiger partial charge on any atom is 0.289 e. The van der Waals surface area contributed by atoms with Crippen molar-refractivity contribution in [3.63, 3.8) is 0 Å². The molecule has 1 saturated heterocycles. The summed E-state index contributed by atoms with van der Waals surface area (Å²) in [4.78, 5) is 22.4. The Morgan fingerprint density at radius 1 is 1.32 bits per heavy atom. The zero-order valence-electron chi connectivity index (χ0n) is 12.6. The van der Waals surface area contributed by atoms with Gasteiger partial charge in [0.05, 0.1) is 12.2 Å². The summed E-state index contributed by atoms with van der Waals surface area (Å²) in [6.45, 7) is 8.20. The molecule has 1 aliphatic heterocycles. The van der Waals surface area contributed by atoms with Gasteiger partial charge in [0.15, 0.2) is 10.4 Å². The SMILES string of the molecule is Cc1nc(CN2CCN(C(=O)c3ccc(Br)o3)CC2)sc1C. The first-order valence-corrected chi connectivity index (χ1v) is 8.84. The fraction of sp³-hybridized carbons (Fsp3) is 0.467. The molecule has 0 spiro atoms. The summed E-state index contributed by atoms with van der Waals surface area (Å²) < 4.78 is 5.93. The minimum atomic E-state index is -0.0358. The Labute approximate surface area is 142 Å². The number of carbonyl (C=O) groups is 1. The third kappa shape index (κ3) is 3.42. The van der Waals surface area contributed by atoms with E-state index < -0.39 is 0 Å². The Hall–Kier alpha value is -1.18. The molecule has 1 amide bonds. The summed E-state index contributed by atoms with van der Waals surface area (Å²) in [5, 5.41) is 1.16. The van der Waals surface area contributed by atoms with Gasteiger partial charge in [-0.25, -0.2) is 4.98 Å². The van der Waals surface area contributed by atoms with Crippen molar-refractivity contribution in [2.24, 2.45) is 0 Å². The van der Waals surface area contributed by atoms with Crippen LogP contribution in [-0.2, 0) is 6.54 Å². The monoisotopic (exact) mass is 383 g/mol. The molecule has 0 saturated carbocycles. The van der Waals surface area contributed by atoms with E-state index >= 15 is 0 Å². The average molecular weight is 384 g/mol. The molecule has 5 nitrogen and oxygen atoms in total. The van der Waals surface area contributed by atoms with Gasteiger partial charge in [-0.05, 0) is 41.9 Å². The fourth-order valence-electron chi connectivity index (χ4n) is 2.49. The number of hydrogen-bond acceptors (Lipinski definition) is 5. The van der Waals surface area contributed by atoms with E-state index in [0.29, 0.717) is 10.4 Å². The van der Waals surface area contributed by atoms with Gasteiger partial charge in [-0.15, -0.1) is 11.3 Å². The third-order valence-electron chi connectivity index (χ3n) is 3.88. The number of nitrogens with zero attached hydrogens (tertiary/aromatic N) is 3. The van der Waals surface area contributed by atoms with Gasteiger partial charge in [0.1, 0.15) is 5.01 Å². The van der Waals surface area contributed by atoms with Gasteiger partial charge >= 0.3 is 0 Å². The molecule has 0 radical (unpaired) electrons. The van der Waals surface area contributed by atoms with Crippen LogP contribution in [0.3, 0.4) is 0 Å². The van der Waals surface area contributed by atoms with Crippen LogP contribution in [0.2, 0.25) is 0 Å². The van der Waals surface area contributed by atoms with Crippen molar-refractivity contribution in [2.45, 2.75) is 20.4 Å². The minimum Gasteiger partial charge on any atom is -0.444 e. The van der Waals surface area contributed by atoms with Gasteiger partial charge in [0, 0.05) is 31.1 Å². The predicted octanol–water partition coefficient (Wildman–Crippen LogP) is 3.07. The number of aromatic nitrogens is 1. The molecule has 0 atom stereocenters. The van der Waals surface area contributed by atoms with Gasteiger partial charge in [0.25, 0.3) is 5.91 Å². The van der Waals surface area contributed by atoms with Crippen molar-refractivity contribution >= 4 is 33.2 Å². The molecule has 1 fully saturated rings. The number of hydrogen-bond donors (Lipinski definition) is 0. The second-order valence-electron chi connectivity index (χ2n) is 5.42. The van der Waals surface area contributed by atoms with Crippen LogP contribution >= 0.6 is 27.3 Å². The second-order valence-corrected chi connectivity index (χ2v) is 7.49. The Bertz CT molecular complexity index is 655. The molecule has 1 aliphatic rings. The lowest BCUT2D eigenvalue weighted by atomic mass is 10.3. The summed E-state index contributed by atoms with van der Waals surface area (Å²) in [5.74, 6) is 0.359. The molecule has 3 heterocycles. The summed E-state index contributed by atoms with van der Waals surface area (Å²) in [6.07, 6.45) is 0. The fourth-order valence-corrected chi connectivity index (χ4v) is 3.78. The quantitative estimate of drug-likeness (QED) is 0.816. The van der Waals surface area contributed by atoms with E-state index in [1.165, 1.54) is 4.88 Å². The lowest BCUT2D eigenvalue weighted by molar-refractivity contribution is 0.0596. The number of furan rings is 1. The maximum absolute atomic E-state index is 12.3. The second kappa shape index (κ2) is 6.52. The molecule has 118 valence electrons. The number of carbonyl (C=O) groups excluding carboxylic acids is 1. The van der Waals surface area contributed by atoms with Crippen LogP contribution in [0.1, 0.15) is 26.1 Å². The number of rotatable bonds is 3. The molecular weight excluding hydrogens is 366 g/mol. The van der Waals surface area contributed by atoms with Gasteiger partial charge in [-0.2, -0.15) is 0 Å². The average Bonchev–Trinajstić information content (AvgIpc) is 3.06. The van der Waals surface area contributed by atoms with Crippen molar-refractivity contribution in [1.29, 1.82) is 0 Å². The first-order chi connectivity index (χ1) is 10.5. The van der Waals surface area contributed by atoms with E-state index in [2.05, 4.69) is 32.7 Å². The van der Waals surface area contributed by atoms with Crippen LogP contribution in [0.25, 0.3) is 0 Å². The predicted molar refractivity (Wildman–Crippen MR) is 89.2 cm³/mol. The number of piperazine rings is 1. The van der Waals surface area contributed by atoms with Crippen molar-refractivity contribution in [2.75, 3.05) is 26.2 Å². The molecule has 2 aromatic rings. The van der Waals surface area contributed by atoms with E-state index in [1.807, 2.05) is 11.8 Å². The van der Waals surface area contributed by atoms with Crippen LogP contribution in [0, 0.1) is 13.8 Å². The number of halogens is 1. The molecule has 0 bridgehead atoms. The number of aryl methyl sites for hydroxylation is 2. The molecule has 0 aromatic carbocycles. The zero-order valence-corrected chi connectivity index (χ0v) is 15.0. The molecule has 3 rings (SSSR count). The van der Waals surface area contributed by atoms with E-state index in [0.717, 1.165) is 43.4 Å². The number of amides is 1. The zero-order chi connectivity index (χ0) is 15.7. The standard InChI is InChI=1S/C15H18BrN3O2S/c1-10-11(2)22-14(17-10)9-18-5-7-19(8-6-18)15(20)12-3-4-13(16)21-12/h3-4H,5-9H2,1-2H3.